The van der Waals surface area contributed by atoms with Crippen molar-refractivity contribution in [2.45, 2.75) is 0 Å². The van der Waals surface area contributed by atoms with E-state index in [-0.39, 0.29) is 0 Å². The van der Waals surface area contributed by atoms with Gasteiger partial charge in [-0.1, -0.05) is 0 Å². The minimum Gasteiger partial charge on any atom is -0.329 e. The van der Waals surface area contributed by atoms with Crippen LogP contribution >= 0.6 is 0 Å². The van der Waals surface area contributed by atoms with Crippen molar-refractivity contribution < 1.29 is 21.5 Å². The fraction of sp³-hybridized carbons (Fsp3) is 1.00. The van der Waals surface area contributed by atoms with E-state index < -0.39 is 11.4 Å². The molecule has 0 aliphatic heterocycles. The molecule has 0 bridgehead atoms. The van der Waals surface area contributed by atoms with Crippen LogP contribution in [0.25, 0.3) is 0 Å². The van der Waals surface area contributed by atoms with Gasteiger partial charge in [0.05, 0.1) is 42.3 Å². The van der Waals surface area contributed by atoms with Gasteiger partial charge in [0.2, 0.25) is 0 Å². The van der Waals surface area contributed by atoms with Crippen LogP contribution in [0.4, 0.5) is 0 Å². The molecule has 0 fully saturated rings. The van der Waals surface area contributed by atoms with Gasteiger partial charge in [-0.25, -0.2) is 0 Å². The van der Waals surface area contributed by atoms with Crippen LogP contribution in [0.5, 0.6) is 0 Å². The molecule has 0 aromatic carbocycles. The monoisotopic (exact) mass is 254 g/mol. The van der Waals surface area contributed by atoms with Crippen molar-refractivity contribution in [3.63, 3.8) is 0 Å². The predicted octanol–water partition coefficient (Wildman–Crippen LogP) is 0.0107. The fourth-order valence-corrected chi connectivity index (χ4v) is 1.28. The maximum atomic E-state index is 11.3. The van der Waals surface area contributed by atoms with Gasteiger partial charge in [0, 0.05) is 0 Å². The molecule has 0 saturated heterocycles. The number of quaternary nitrogens is 2. The lowest BCUT2D eigenvalue weighted by Gasteiger charge is -2.24. The molecule has 98 valence electrons. The second-order valence-corrected chi connectivity index (χ2v) is 6.76. The fourth-order valence-electron chi connectivity index (χ4n) is 0.792. The van der Waals surface area contributed by atoms with Crippen LogP contribution < -0.4 is 0 Å². The van der Waals surface area contributed by atoms with Crippen LogP contribution in [0.1, 0.15) is 0 Å². The van der Waals surface area contributed by atoms with E-state index >= 15 is 0 Å². The average Bonchev–Trinajstić information content (AvgIpc) is 1.98. The Hall–Kier alpha value is -0.0100. The molecule has 0 heterocycles. The molecule has 0 N–H and O–H groups in total. The first-order chi connectivity index (χ1) is 7.10. The van der Waals surface area contributed by atoms with E-state index in [0.717, 1.165) is 22.1 Å². The number of hydrogen-bond acceptors (Lipinski definition) is 3. The maximum Gasteiger partial charge on any atom is 0.305 e. The Kier molecular flexibility index (Phi) is 6.65. The summed E-state index contributed by atoms with van der Waals surface area (Å²) in [5.74, 6) is 0. The number of rotatable bonds is 8. The van der Waals surface area contributed by atoms with Crippen molar-refractivity contribution in [3.05, 3.63) is 0 Å². The van der Waals surface area contributed by atoms with Gasteiger partial charge in [-0.15, -0.1) is 0 Å². The topological polar surface area (TPSA) is 35.5 Å². The molecule has 0 amide bonds. The van der Waals surface area contributed by atoms with E-state index in [4.69, 9.17) is 8.37 Å². The molecule has 0 atom stereocenters. The van der Waals surface area contributed by atoms with Gasteiger partial charge in [-0.3, -0.25) is 8.37 Å². The molecule has 0 aliphatic carbocycles. The van der Waals surface area contributed by atoms with Gasteiger partial charge in [-0.2, -0.15) is 4.21 Å². The Morgan fingerprint density at radius 3 is 1.38 bits per heavy atom. The minimum absolute atomic E-state index is 0.445. The van der Waals surface area contributed by atoms with E-state index in [1.807, 2.05) is 0 Å². The summed E-state index contributed by atoms with van der Waals surface area (Å²) in [6.07, 6.45) is 0. The molecule has 0 spiro atoms. The molecule has 0 rings (SSSR count). The Labute approximate surface area is 102 Å². The van der Waals surface area contributed by atoms with Gasteiger partial charge < -0.3 is 8.97 Å². The zero-order valence-electron chi connectivity index (χ0n) is 11.4. The summed E-state index contributed by atoms with van der Waals surface area (Å²) in [6, 6.07) is 0. The zero-order chi connectivity index (χ0) is 12.8. The highest BCUT2D eigenvalue weighted by Crippen LogP contribution is 1.96. The van der Waals surface area contributed by atoms with E-state index in [1.165, 1.54) is 0 Å². The third-order valence-corrected chi connectivity index (χ3v) is 2.60. The third-order valence-electron chi connectivity index (χ3n) is 1.88. The van der Waals surface area contributed by atoms with Gasteiger partial charge in [-0.05, 0) is 0 Å². The van der Waals surface area contributed by atoms with Crippen LogP contribution in [0, 0.1) is 0 Å². The van der Waals surface area contributed by atoms with Crippen LogP contribution in [0.15, 0.2) is 0 Å². The molecule has 0 aromatic heterocycles. The van der Waals surface area contributed by atoms with Crippen LogP contribution in [0.3, 0.4) is 0 Å². The largest absolute Gasteiger partial charge is 0.329 e. The minimum atomic E-state index is -1.61. The summed E-state index contributed by atoms with van der Waals surface area (Å²) >= 11 is -1.61. The second-order valence-electron chi connectivity index (χ2n) is 5.88. The van der Waals surface area contributed by atoms with E-state index in [0.29, 0.717) is 13.2 Å². The molecular formula is C10H26N2O3S+2. The molecular weight excluding hydrogens is 228 g/mol. The van der Waals surface area contributed by atoms with Crippen molar-refractivity contribution in [1.82, 2.24) is 0 Å². The average molecular weight is 254 g/mol. The molecule has 0 aliphatic rings. The van der Waals surface area contributed by atoms with Gasteiger partial charge in [0.25, 0.3) is 0 Å². The second kappa shape index (κ2) is 6.66. The standard InChI is InChI=1S/C10H26N2O3S/c1-11(2,3)7-9-14-16(13)15-10-8-12(4,5)6/h7-10H2,1-6H3/q+2. The van der Waals surface area contributed by atoms with E-state index in [2.05, 4.69) is 42.3 Å². The number of hydrogen-bond donors (Lipinski definition) is 0. The van der Waals surface area contributed by atoms with Crippen molar-refractivity contribution in [2.75, 3.05) is 68.6 Å². The van der Waals surface area contributed by atoms with Crippen LogP contribution in [-0.4, -0.2) is 81.8 Å². The van der Waals surface area contributed by atoms with Gasteiger partial charge >= 0.3 is 11.4 Å². The van der Waals surface area contributed by atoms with E-state index in [9.17, 15) is 4.21 Å². The first-order valence-corrected chi connectivity index (χ1v) is 6.39. The molecule has 5 nitrogen and oxygen atoms in total. The molecule has 0 aromatic rings. The lowest BCUT2D eigenvalue weighted by atomic mass is 10.5. The molecule has 0 saturated carbocycles. The highest BCUT2D eigenvalue weighted by molar-refractivity contribution is 7.75. The van der Waals surface area contributed by atoms with Crippen molar-refractivity contribution >= 4 is 11.4 Å². The third kappa shape index (κ3) is 12.1. The Morgan fingerprint density at radius 1 is 0.812 bits per heavy atom. The predicted molar refractivity (Wildman–Crippen MR) is 65.8 cm³/mol. The zero-order valence-corrected chi connectivity index (χ0v) is 12.2. The Morgan fingerprint density at radius 2 is 1.12 bits per heavy atom. The first-order valence-electron chi connectivity index (χ1n) is 5.39. The normalized spacial score (nSPS) is 13.4. The van der Waals surface area contributed by atoms with Crippen LogP contribution in [0.2, 0.25) is 0 Å². The van der Waals surface area contributed by atoms with Crippen LogP contribution in [-0.2, 0) is 19.7 Å². The number of nitrogens with zero attached hydrogens (tertiary/aromatic N) is 2. The SMILES string of the molecule is C[N+](C)(C)CCOS(=O)OCC[N+](C)(C)C. The summed E-state index contributed by atoms with van der Waals surface area (Å²) in [5.41, 5.74) is 0. The summed E-state index contributed by atoms with van der Waals surface area (Å²) in [4.78, 5) is 0. The lowest BCUT2D eigenvalue weighted by molar-refractivity contribution is -0.870. The Balaban J connectivity index is 3.53. The molecule has 0 unspecified atom stereocenters. The lowest BCUT2D eigenvalue weighted by Crippen LogP contribution is -2.38. The number of likely N-dealkylation sites (N-methyl/N-ethyl adjacent to an activating group) is 2. The highest BCUT2D eigenvalue weighted by Gasteiger charge is 2.11. The van der Waals surface area contributed by atoms with E-state index in [1.54, 1.807) is 0 Å². The van der Waals surface area contributed by atoms with Crippen molar-refractivity contribution in [3.8, 4) is 0 Å². The van der Waals surface area contributed by atoms with Crippen molar-refractivity contribution in [2.24, 2.45) is 0 Å². The smallest absolute Gasteiger partial charge is 0.305 e. The Bertz CT molecular complexity index is 199. The maximum absolute atomic E-state index is 11.3. The van der Waals surface area contributed by atoms with Gasteiger partial charge in [0.1, 0.15) is 26.3 Å². The molecule has 16 heavy (non-hydrogen) atoms. The molecule has 6 heteroatoms. The quantitative estimate of drug-likeness (QED) is 0.573. The molecule has 0 radical (unpaired) electrons. The summed E-state index contributed by atoms with van der Waals surface area (Å²) in [5, 5.41) is 0. The summed E-state index contributed by atoms with van der Waals surface area (Å²) in [7, 11) is 12.4. The first kappa shape index (κ1) is 16.0. The van der Waals surface area contributed by atoms with Gasteiger partial charge in [0.15, 0.2) is 0 Å². The highest BCUT2D eigenvalue weighted by atomic mass is 32.2. The van der Waals surface area contributed by atoms with Crippen molar-refractivity contribution in [1.29, 1.82) is 0 Å². The summed E-state index contributed by atoms with van der Waals surface area (Å²) < 4.78 is 23.0. The summed E-state index contributed by atoms with van der Waals surface area (Å²) in [6.45, 7) is 2.51.